The van der Waals surface area contributed by atoms with Crippen LogP contribution in [0.5, 0.6) is 0 Å². The number of nitrogens with zero attached hydrogens (tertiary/aromatic N) is 2. The predicted octanol–water partition coefficient (Wildman–Crippen LogP) is 2.89. The van der Waals surface area contributed by atoms with Crippen LogP contribution in [0.3, 0.4) is 0 Å². The summed E-state index contributed by atoms with van der Waals surface area (Å²) < 4.78 is 0. The summed E-state index contributed by atoms with van der Waals surface area (Å²) in [6.45, 7) is 0.747. The molecule has 1 atom stereocenters. The largest absolute Gasteiger partial charge is 0.369 e. The van der Waals surface area contributed by atoms with Gasteiger partial charge in [-0.1, -0.05) is 42.5 Å². The molecule has 0 saturated heterocycles. The molecule has 0 spiro atoms. The molecule has 4 rings (SSSR count). The summed E-state index contributed by atoms with van der Waals surface area (Å²) >= 11 is 0. The molecule has 4 heteroatoms. The molecule has 0 bridgehead atoms. The fraction of sp³-hybridized carbons (Fsp3) is 0.188. The lowest BCUT2D eigenvalue weighted by molar-refractivity contribution is 0.768. The molecule has 20 heavy (non-hydrogen) atoms. The van der Waals surface area contributed by atoms with Gasteiger partial charge in [0.25, 0.3) is 0 Å². The van der Waals surface area contributed by atoms with E-state index in [1.165, 1.54) is 22.4 Å². The standard InChI is InChI=1S/C16H15N3.ClH/c17-16-18-10-15-13-7-3-1-5-11(13)9-12-6-2-4-8-14(12)19(15)16;/h1-8,15H,9-10H2,(H2,17,18);1H. The first kappa shape index (κ1) is 13.0. The van der Waals surface area contributed by atoms with Gasteiger partial charge in [0.1, 0.15) is 0 Å². The molecule has 2 heterocycles. The maximum Gasteiger partial charge on any atom is 0.196 e. The molecule has 2 aromatic rings. The number of para-hydroxylation sites is 1. The van der Waals surface area contributed by atoms with Gasteiger partial charge in [-0.25, -0.2) is 0 Å². The molecule has 0 amide bonds. The SMILES string of the molecule is Cl.NC1=NCC2c3ccccc3Cc3ccccc3N12. The highest BCUT2D eigenvalue weighted by molar-refractivity contribution is 5.98. The second kappa shape index (κ2) is 4.84. The van der Waals surface area contributed by atoms with Crippen molar-refractivity contribution in [3.8, 4) is 0 Å². The normalized spacial score (nSPS) is 19.1. The Labute approximate surface area is 124 Å². The third-order valence-electron chi connectivity index (χ3n) is 4.03. The lowest BCUT2D eigenvalue weighted by Crippen LogP contribution is -2.36. The highest BCUT2D eigenvalue weighted by atomic mass is 35.5. The Balaban J connectivity index is 0.00000121. The molecule has 2 aliphatic rings. The van der Waals surface area contributed by atoms with E-state index in [1.54, 1.807) is 0 Å². The van der Waals surface area contributed by atoms with Crippen molar-refractivity contribution in [2.75, 3.05) is 11.4 Å². The molecular weight excluding hydrogens is 270 g/mol. The maximum absolute atomic E-state index is 6.11. The van der Waals surface area contributed by atoms with E-state index in [9.17, 15) is 0 Å². The molecule has 1 unspecified atom stereocenters. The van der Waals surface area contributed by atoms with Crippen LogP contribution in [0.2, 0.25) is 0 Å². The van der Waals surface area contributed by atoms with Crippen LogP contribution in [0.4, 0.5) is 5.69 Å². The smallest absolute Gasteiger partial charge is 0.196 e. The Bertz CT molecular complexity index is 681. The molecule has 0 saturated carbocycles. The summed E-state index contributed by atoms with van der Waals surface area (Å²) in [5.74, 6) is 0.633. The van der Waals surface area contributed by atoms with Crippen molar-refractivity contribution in [2.45, 2.75) is 12.5 Å². The number of aliphatic imine (C=N–C) groups is 1. The monoisotopic (exact) mass is 285 g/mol. The number of fused-ring (bicyclic) bond motifs is 5. The lowest BCUT2D eigenvalue weighted by Gasteiger charge is -2.26. The maximum atomic E-state index is 6.11. The van der Waals surface area contributed by atoms with E-state index >= 15 is 0 Å². The first-order valence-corrected chi connectivity index (χ1v) is 6.59. The van der Waals surface area contributed by atoms with Gasteiger partial charge < -0.3 is 10.6 Å². The Hall–Kier alpha value is -2.00. The van der Waals surface area contributed by atoms with E-state index in [0.717, 1.165) is 13.0 Å². The Kier molecular flexibility index (Phi) is 3.14. The zero-order chi connectivity index (χ0) is 12.8. The van der Waals surface area contributed by atoms with Crippen LogP contribution in [0.15, 0.2) is 53.5 Å². The van der Waals surface area contributed by atoms with Gasteiger partial charge in [-0.15, -0.1) is 12.4 Å². The summed E-state index contributed by atoms with van der Waals surface area (Å²) in [6, 6.07) is 17.3. The van der Waals surface area contributed by atoms with Gasteiger partial charge in [0, 0.05) is 5.69 Å². The Morgan fingerprint density at radius 3 is 2.55 bits per heavy atom. The van der Waals surface area contributed by atoms with E-state index in [2.05, 4.69) is 58.4 Å². The number of halogens is 1. The zero-order valence-electron chi connectivity index (χ0n) is 11.0. The highest BCUT2D eigenvalue weighted by Gasteiger charge is 2.33. The molecule has 2 aliphatic heterocycles. The molecule has 0 aliphatic carbocycles. The Morgan fingerprint density at radius 2 is 1.70 bits per heavy atom. The Morgan fingerprint density at radius 1 is 1.00 bits per heavy atom. The third kappa shape index (κ3) is 1.78. The summed E-state index contributed by atoms with van der Waals surface area (Å²) in [7, 11) is 0. The minimum absolute atomic E-state index is 0. The van der Waals surface area contributed by atoms with Gasteiger partial charge in [-0.3, -0.25) is 4.99 Å². The molecule has 2 N–H and O–H groups in total. The lowest BCUT2D eigenvalue weighted by atomic mass is 9.97. The third-order valence-corrected chi connectivity index (χ3v) is 4.03. The molecule has 3 nitrogen and oxygen atoms in total. The first-order chi connectivity index (χ1) is 9.34. The number of hydrogen-bond acceptors (Lipinski definition) is 3. The number of rotatable bonds is 0. The molecular formula is C16H16ClN3. The minimum atomic E-state index is 0. The quantitative estimate of drug-likeness (QED) is 0.809. The predicted molar refractivity (Wildman–Crippen MR) is 84.6 cm³/mol. The van der Waals surface area contributed by atoms with E-state index in [-0.39, 0.29) is 18.4 Å². The first-order valence-electron chi connectivity index (χ1n) is 6.59. The van der Waals surface area contributed by atoms with Crippen LogP contribution >= 0.6 is 12.4 Å². The highest BCUT2D eigenvalue weighted by Crippen LogP contribution is 2.39. The van der Waals surface area contributed by atoms with Crippen LogP contribution in [0, 0.1) is 0 Å². The topological polar surface area (TPSA) is 41.6 Å². The number of nitrogens with two attached hydrogens (primary N) is 1. The van der Waals surface area contributed by atoms with Crippen molar-refractivity contribution in [1.82, 2.24) is 0 Å². The summed E-state index contributed by atoms with van der Waals surface area (Å²) in [4.78, 5) is 6.62. The molecule has 0 radical (unpaired) electrons. The van der Waals surface area contributed by atoms with E-state index < -0.39 is 0 Å². The van der Waals surface area contributed by atoms with Crippen molar-refractivity contribution in [3.05, 3.63) is 65.2 Å². The van der Waals surface area contributed by atoms with Crippen LogP contribution in [-0.2, 0) is 6.42 Å². The van der Waals surface area contributed by atoms with Crippen LogP contribution in [0.25, 0.3) is 0 Å². The molecule has 0 fully saturated rings. The summed E-state index contributed by atoms with van der Waals surface area (Å²) in [5.41, 5.74) is 11.4. The fourth-order valence-electron chi connectivity index (χ4n) is 3.15. The van der Waals surface area contributed by atoms with E-state index in [0.29, 0.717) is 5.96 Å². The average Bonchev–Trinajstić information content (AvgIpc) is 2.75. The fourth-order valence-corrected chi connectivity index (χ4v) is 3.15. The second-order valence-electron chi connectivity index (χ2n) is 5.09. The minimum Gasteiger partial charge on any atom is -0.369 e. The number of hydrogen-bond donors (Lipinski definition) is 1. The average molecular weight is 286 g/mol. The molecule has 0 aromatic heterocycles. The van der Waals surface area contributed by atoms with Gasteiger partial charge in [0.15, 0.2) is 5.96 Å². The van der Waals surface area contributed by atoms with Crippen LogP contribution in [0.1, 0.15) is 22.7 Å². The van der Waals surface area contributed by atoms with Gasteiger partial charge in [-0.05, 0) is 29.2 Å². The van der Waals surface area contributed by atoms with E-state index in [1.807, 2.05) is 0 Å². The number of benzene rings is 2. The van der Waals surface area contributed by atoms with Crippen molar-refractivity contribution in [3.63, 3.8) is 0 Å². The number of guanidine groups is 1. The van der Waals surface area contributed by atoms with Crippen molar-refractivity contribution in [1.29, 1.82) is 0 Å². The van der Waals surface area contributed by atoms with Crippen LogP contribution in [-0.4, -0.2) is 12.5 Å². The van der Waals surface area contributed by atoms with Crippen LogP contribution < -0.4 is 10.6 Å². The van der Waals surface area contributed by atoms with Gasteiger partial charge in [0.2, 0.25) is 0 Å². The zero-order valence-corrected chi connectivity index (χ0v) is 11.8. The summed E-state index contributed by atoms with van der Waals surface area (Å²) in [6.07, 6.45) is 0.965. The van der Waals surface area contributed by atoms with Gasteiger partial charge in [-0.2, -0.15) is 0 Å². The second-order valence-corrected chi connectivity index (χ2v) is 5.09. The van der Waals surface area contributed by atoms with Crippen molar-refractivity contribution in [2.24, 2.45) is 10.7 Å². The molecule has 102 valence electrons. The summed E-state index contributed by atoms with van der Waals surface area (Å²) in [5, 5.41) is 0. The van der Waals surface area contributed by atoms with Crippen molar-refractivity contribution >= 4 is 24.1 Å². The van der Waals surface area contributed by atoms with E-state index in [4.69, 9.17) is 5.73 Å². The molecule has 2 aromatic carbocycles. The number of anilines is 1. The van der Waals surface area contributed by atoms with Crippen molar-refractivity contribution < 1.29 is 0 Å². The van der Waals surface area contributed by atoms with Gasteiger partial charge in [0.05, 0.1) is 12.6 Å². The van der Waals surface area contributed by atoms with Gasteiger partial charge >= 0.3 is 0 Å².